The molecule has 35 heavy (non-hydrogen) atoms. The number of hydrogen-bond donors (Lipinski definition) is 0. The summed E-state index contributed by atoms with van der Waals surface area (Å²) in [6, 6.07) is 5.26. The number of amides is 1. The fraction of sp³-hybridized carbons (Fsp3) is 0.643. The first kappa shape index (κ1) is 24.2. The van der Waals surface area contributed by atoms with E-state index in [0.717, 1.165) is 63.4 Å². The smallest absolute Gasteiger partial charge is 0.290 e. The average molecular weight is 484 g/mol. The lowest BCUT2D eigenvalue weighted by atomic mass is 9.77. The molecular formula is C28H37NO6. The first-order chi connectivity index (χ1) is 17.1. The Hall–Kier alpha value is -2.54. The molecule has 1 aliphatic carbocycles. The van der Waals surface area contributed by atoms with E-state index >= 15 is 0 Å². The molecule has 4 aliphatic rings. The summed E-state index contributed by atoms with van der Waals surface area (Å²) < 4.78 is 23.8. The molecule has 1 saturated carbocycles. The highest BCUT2D eigenvalue weighted by molar-refractivity contribution is 6.11. The number of Topliss-reactive ketones (excluding diaryl/α,β-unsaturated/α-hetero) is 1. The van der Waals surface area contributed by atoms with E-state index in [1.807, 2.05) is 18.2 Å². The van der Waals surface area contributed by atoms with Gasteiger partial charge < -0.3 is 23.8 Å². The summed E-state index contributed by atoms with van der Waals surface area (Å²) in [6.45, 7) is 3.94. The lowest BCUT2D eigenvalue weighted by Gasteiger charge is -2.35. The molecule has 5 rings (SSSR count). The molecule has 1 amide bonds. The van der Waals surface area contributed by atoms with Crippen LogP contribution in [0.25, 0.3) is 0 Å². The van der Waals surface area contributed by atoms with E-state index in [-0.39, 0.29) is 35.6 Å². The lowest BCUT2D eigenvalue weighted by molar-refractivity contribution is -0.136. The van der Waals surface area contributed by atoms with Gasteiger partial charge in [0.1, 0.15) is 6.10 Å². The highest BCUT2D eigenvalue weighted by Gasteiger charge is 2.52. The minimum absolute atomic E-state index is 0.0248. The van der Waals surface area contributed by atoms with Crippen LogP contribution in [0.1, 0.15) is 76.3 Å². The molecule has 4 unspecified atom stereocenters. The molecule has 0 N–H and O–H groups in total. The first-order valence-electron chi connectivity index (χ1n) is 13.3. The maximum Gasteiger partial charge on any atom is 0.290 e. The van der Waals surface area contributed by atoms with E-state index in [1.165, 1.54) is 0 Å². The predicted octanol–water partition coefficient (Wildman–Crippen LogP) is 4.74. The summed E-state index contributed by atoms with van der Waals surface area (Å²) >= 11 is 0. The van der Waals surface area contributed by atoms with Gasteiger partial charge in [0, 0.05) is 13.2 Å². The van der Waals surface area contributed by atoms with E-state index in [9.17, 15) is 9.59 Å². The molecule has 7 nitrogen and oxygen atoms in total. The minimum Gasteiger partial charge on any atom is -0.493 e. The number of fused-ring (bicyclic) bond motifs is 1. The fourth-order valence-corrected chi connectivity index (χ4v) is 5.94. The van der Waals surface area contributed by atoms with Crippen LogP contribution in [0.3, 0.4) is 0 Å². The van der Waals surface area contributed by atoms with Crippen LogP contribution in [0.15, 0.2) is 29.5 Å². The van der Waals surface area contributed by atoms with E-state index < -0.39 is 6.04 Å². The zero-order valence-electron chi connectivity index (χ0n) is 20.9. The third-order valence-corrected chi connectivity index (χ3v) is 7.79. The standard InChI is InChI=1S/C28H37NO6/c1-3-4-7-14-34-22-13-12-18(16-23(22)32-2)25-24-26(30)20-10-5-6-11-21(20)35-27(24)28(31)29(25)17-19-9-8-15-33-19/h12-13,16,19-21,25H,3-11,14-15,17H2,1-2H3. The fourth-order valence-electron chi connectivity index (χ4n) is 5.94. The summed E-state index contributed by atoms with van der Waals surface area (Å²) in [6.07, 6.45) is 8.62. The van der Waals surface area contributed by atoms with Gasteiger partial charge in [-0.25, -0.2) is 0 Å². The van der Waals surface area contributed by atoms with Gasteiger partial charge in [0.05, 0.1) is 37.4 Å². The van der Waals surface area contributed by atoms with Gasteiger partial charge in [0.25, 0.3) is 5.91 Å². The summed E-state index contributed by atoms with van der Waals surface area (Å²) in [4.78, 5) is 29.2. The second kappa shape index (κ2) is 10.6. The van der Waals surface area contributed by atoms with Gasteiger partial charge in [-0.2, -0.15) is 0 Å². The number of ether oxygens (including phenoxy) is 4. The molecule has 1 aromatic rings. The van der Waals surface area contributed by atoms with Gasteiger partial charge in [0.15, 0.2) is 23.0 Å². The van der Waals surface area contributed by atoms with Crippen molar-refractivity contribution in [3.63, 3.8) is 0 Å². The molecule has 0 radical (unpaired) electrons. The number of rotatable bonds is 9. The molecule has 1 aromatic carbocycles. The van der Waals surface area contributed by atoms with Crippen molar-refractivity contribution in [1.29, 1.82) is 0 Å². The lowest BCUT2D eigenvalue weighted by Crippen LogP contribution is -2.39. The zero-order chi connectivity index (χ0) is 24.4. The Morgan fingerprint density at radius 3 is 2.69 bits per heavy atom. The Kier molecular flexibility index (Phi) is 7.32. The van der Waals surface area contributed by atoms with Crippen molar-refractivity contribution >= 4 is 11.7 Å². The molecule has 1 saturated heterocycles. The Bertz CT molecular complexity index is 982. The van der Waals surface area contributed by atoms with Crippen molar-refractivity contribution < 1.29 is 28.5 Å². The molecule has 190 valence electrons. The third-order valence-electron chi connectivity index (χ3n) is 7.79. The average Bonchev–Trinajstić information content (AvgIpc) is 3.49. The minimum atomic E-state index is -0.500. The summed E-state index contributed by atoms with van der Waals surface area (Å²) in [5, 5.41) is 0. The quantitative estimate of drug-likeness (QED) is 0.473. The molecule has 0 bridgehead atoms. The molecule has 2 fully saturated rings. The number of benzene rings is 1. The maximum atomic E-state index is 13.8. The summed E-state index contributed by atoms with van der Waals surface area (Å²) in [7, 11) is 1.62. The van der Waals surface area contributed by atoms with Crippen molar-refractivity contribution in [3.8, 4) is 11.5 Å². The number of methoxy groups -OCH3 is 1. The Morgan fingerprint density at radius 1 is 1.06 bits per heavy atom. The topological polar surface area (TPSA) is 74.3 Å². The first-order valence-corrected chi connectivity index (χ1v) is 13.3. The predicted molar refractivity (Wildman–Crippen MR) is 130 cm³/mol. The van der Waals surface area contributed by atoms with E-state index in [2.05, 4.69) is 6.92 Å². The normalized spacial score (nSPS) is 28.1. The SMILES string of the molecule is CCCCCOc1ccc(C2C3=C(OC4CCCCC4C3=O)C(=O)N2CC2CCCO2)cc1OC. The van der Waals surface area contributed by atoms with Gasteiger partial charge >= 0.3 is 0 Å². The molecular weight excluding hydrogens is 446 g/mol. The van der Waals surface area contributed by atoms with Crippen LogP contribution in [-0.2, 0) is 19.1 Å². The van der Waals surface area contributed by atoms with Crippen LogP contribution < -0.4 is 9.47 Å². The van der Waals surface area contributed by atoms with Gasteiger partial charge in [-0.1, -0.05) is 32.3 Å². The van der Waals surface area contributed by atoms with Gasteiger partial charge in [-0.05, 0) is 56.2 Å². The summed E-state index contributed by atoms with van der Waals surface area (Å²) in [5.41, 5.74) is 1.35. The molecule has 0 aromatic heterocycles. The Labute approximate surface area is 207 Å². The van der Waals surface area contributed by atoms with Crippen molar-refractivity contribution in [1.82, 2.24) is 4.90 Å². The molecule has 4 atom stereocenters. The van der Waals surface area contributed by atoms with Crippen molar-refractivity contribution in [2.24, 2.45) is 5.92 Å². The second-order valence-corrected chi connectivity index (χ2v) is 10.1. The Balaban J connectivity index is 1.48. The van der Waals surface area contributed by atoms with Crippen molar-refractivity contribution in [2.75, 3.05) is 26.9 Å². The van der Waals surface area contributed by atoms with Gasteiger partial charge in [-0.3, -0.25) is 9.59 Å². The largest absolute Gasteiger partial charge is 0.493 e. The van der Waals surface area contributed by atoms with Crippen LogP contribution in [0.5, 0.6) is 11.5 Å². The molecule has 0 spiro atoms. The number of carbonyl (C=O) groups excluding carboxylic acids is 2. The van der Waals surface area contributed by atoms with Crippen molar-refractivity contribution in [3.05, 3.63) is 35.1 Å². The highest BCUT2D eigenvalue weighted by atomic mass is 16.5. The maximum absolute atomic E-state index is 13.8. The van der Waals surface area contributed by atoms with E-state index in [0.29, 0.717) is 36.8 Å². The van der Waals surface area contributed by atoms with Crippen molar-refractivity contribution in [2.45, 2.75) is 83.0 Å². The van der Waals surface area contributed by atoms with Gasteiger partial charge in [0.2, 0.25) is 0 Å². The monoisotopic (exact) mass is 483 g/mol. The second-order valence-electron chi connectivity index (χ2n) is 10.1. The Morgan fingerprint density at radius 2 is 1.91 bits per heavy atom. The zero-order valence-corrected chi connectivity index (χ0v) is 20.9. The van der Waals surface area contributed by atoms with Gasteiger partial charge in [-0.15, -0.1) is 0 Å². The van der Waals surface area contributed by atoms with E-state index in [1.54, 1.807) is 12.0 Å². The molecule has 3 aliphatic heterocycles. The molecule has 7 heteroatoms. The van der Waals surface area contributed by atoms with Crippen LogP contribution >= 0.6 is 0 Å². The summed E-state index contributed by atoms with van der Waals surface area (Å²) in [5.74, 6) is 1.25. The number of nitrogens with zero attached hydrogens (tertiary/aromatic N) is 1. The molecule has 3 heterocycles. The van der Waals surface area contributed by atoms with Crippen LogP contribution in [0.4, 0.5) is 0 Å². The third kappa shape index (κ3) is 4.67. The number of ketones is 1. The van der Waals surface area contributed by atoms with Crippen LogP contribution in [0, 0.1) is 5.92 Å². The van der Waals surface area contributed by atoms with Crippen LogP contribution in [-0.4, -0.2) is 55.7 Å². The number of hydrogen-bond acceptors (Lipinski definition) is 6. The number of unbranched alkanes of at least 4 members (excludes halogenated alkanes) is 2. The van der Waals surface area contributed by atoms with Crippen LogP contribution in [0.2, 0.25) is 0 Å². The highest BCUT2D eigenvalue weighted by Crippen LogP contribution is 2.48. The van der Waals surface area contributed by atoms with E-state index in [4.69, 9.17) is 18.9 Å². The number of carbonyl (C=O) groups is 2.